The van der Waals surface area contributed by atoms with E-state index in [1.807, 2.05) is 6.07 Å². The Kier molecular flexibility index (Phi) is 2.41. The molecule has 100 valence electrons. The first-order chi connectivity index (χ1) is 9.30. The summed E-state index contributed by atoms with van der Waals surface area (Å²) in [6, 6.07) is 6.22. The minimum Gasteiger partial charge on any atom is -0.497 e. The molecule has 4 atom stereocenters. The third-order valence-electron chi connectivity index (χ3n) is 5.31. The summed E-state index contributed by atoms with van der Waals surface area (Å²) in [7, 11) is 1.73. The lowest BCUT2D eigenvalue weighted by atomic mass is 9.78. The number of hydrogen-bond acceptors (Lipinski definition) is 2. The van der Waals surface area contributed by atoms with Crippen molar-refractivity contribution < 1.29 is 9.47 Å². The van der Waals surface area contributed by atoms with E-state index in [4.69, 9.17) is 9.47 Å². The molecule has 0 radical (unpaired) electrons. The van der Waals surface area contributed by atoms with Crippen molar-refractivity contribution in [1.82, 2.24) is 0 Å². The van der Waals surface area contributed by atoms with Gasteiger partial charge in [-0.1, -0.05) is 11.6 Å². The first-order valence-corrected chi connectivity index (χ1v) is 7.29. The Morgan fingerprint density at radius 1 is 1.32 bits per heavy atom. The molecular weight excluding hydrogens is 236 g/mol. The van der Waals surface area contributed by atoms with Crippen LogP contribution in [0, 0.1) is 17.8 Å². The summed E-state index contributed by atoms with van der Waals surface area (Å²) in [5.41, 5.74) is 2.96. The number of rotatable bonds is 1. The fourth-order valence-corrected chi connectivity index (χ4v) is 4.40. The number of allylic oxidation sites excluding steroid dienone is 1. The summed E-state index contributed by atoms with van der Waals surface area (Å²) in [5.74, 6) is 4.24. The van der Waals surface area contributed by atoms with Gasteiger partial charge in [0.2, 0.25) is 0 Å². The third-order valence-corrected chi connectivity index (χ3v) is 5.31. The molecule has 1 aromatic rings. The van der Waals surface area contributed by atoms with Gasteiger partial charge in [0.05, 0.1) is 7.11 Å². The van der Waals surface area contributed by atoms with Gasteiger partial charge in [0.25, 0.3) is 0 Å². The van der Waals surface area contributed by atoms with Crippen molar-refractivity contribution in [3.63, 3.8) is 0 Å². The fraction of sp³-hybridized carbons (Fsp3) is 0.529. The Morgan fingerprint density at radius 2 is 2.21 bits per heavy atom. The third kappa shape index (κ3) is 1.55. The van der Waals surface area contributed by atoms with E-state index >= 15 is 0 Å². The molecule has 0 saturated heterocycles. The minimum atomic E-state index is 0.422. The molecule has 0 N–H and O–H groups in total. The maximum absolute atomic E-state index is 6.32. The monoisotopic (exact) mass is 256 g/mol. The van der Waals surface area contributed by atoms with Crippen molar-refractivity contribution >= 4 is 0 Å². The van der Waals surface area contributed by atoms with Crippen molar-refractivity contribution in [2.75, 3.05) is 7.11 Å². The summed E-state index contributed by atoms with van der Waals surface area (Å²) in [4.78, 5) is 0. The lowest BCUT2D eigenvalue weighted by molar-refractivity contribution is 0.0845. The quantitative estimate of drug-likeness (QED) is 0.715. The Bertz CT molecular complexity index is 546. The normalized spacial score (nSPS) is 36.8. The Balaban J connectivity index is 1.69. The molecule has 2 nitrogen and oxygen atoms in total. The summed E-state index contributed by atoms with van der Waals surface area (Å²) < 4.78 is 11.6. The first-order valence-electron chi connectivity index (χ1n) is 7.29. The molecule has 4 rings (SSSR count). The highest BCUT2D eigenvalue weighted by atomic mass is 16.5. The second kappa shape index (κ2) is 4.03. The molecule has 4 unspecified atom stereocenters. The number of hydrogen-bond donors (Lipinski definition) is 0. The number of benzene rings is 1. The van der Waals surface area contributed by atoms with E-state index in [-0.39, 0.29) is 0 Å². The van der Waals surface area contributed by atoms with Gasteiger partial charge in [-0.15, -0.1) is 0 Å². The van der Waals surface area contributed by atoms with Gasteiger partial charge in [-0.05, 0) is 55.9 Å². The molecule has 2 aliphatic carbocycles. The molecule has 19 heavy (non-hydrogen) atoms. The van der Waals surface area contributed by atoms with E-state index in [2.05, 4.69) is 25.1 Å². The van der Waals surface area contributed by atoms with Gasteiger partial charge in [0.15, 0.2) is 0 Å². The van der Waals surface area contributed by atoms with Crippen molar-refractivity contribution in [2.24, 2.45) is 17.8 Å². The Morgan fingerprint density at radius 3 is 3.00 bits per heavy atom. The van der Waals surface area contributed by atoms with Gasteiger partial charge in [-0.3, -0.25) is 0 Å². The summed E-state index contributed by atoms with van der Waals surface area (Å²) in [6.45, 7) is 2.17. The predicted molar refractivity (Wildman–Crippen MR) is 74.6 cm³/mol. The molecule has 3 aliphatic rings. The molecule has 0 spiro atoms. The van der Waals surface area contributed by atoms with E-state index in [1.54, 1.807) is 12.7 Å². The molecule has 1 aromatic carbocycles. The van der Waals surface area contributed by atoms with Crippen LogP contribution in [0.5, 0.6) is 11.5 Å². The van der Waals surface area contributed by atoms with E-state index in [1.165, 1.54) is 18.4 Å². The van der Waals surface area contributed by atoms with Crippen LogP contribution < -0.4 is 9.47 Å². The smallest absolute Gasteiger partial charge is 0.123 e. The highest BCUT2D eigenvalue weighted by molar-refractivity contribution is 5.43. The second-order valence-electron chi connectivity index (χ2n) is 6.09. The van der Waals surface area contributed by atoms with Gasteiger partial charge in [-0.25, -0.2) is 0 Å². The second-order valence-corrected chi connectivity index (χ2v) is 6.09. The number of methoxy groups -OCH3 is 1. The average molecular weight is 256 g/mol. The molecule has 2 saturated carbocycles. The van der Waals surface area contributed by atoms with Crippen LogP contribution in [0.15, 0.2) is 29.8 Å². The zero-order valence-corrected chi connectivity index (χ0v) is 11.6. The van der Waals surface area contributed by atoms with E-state index in [0.29, 0.717) is 17.9 Å². The molecule has 0 aromatic heterocycles. The molecule has 2 bridgehead atoms. The molecule has 0 amide bonds. The molecule has 1 aliphatic heterocycles. The lowest BCUT2D eigenvalue weighted by Gasteiger charge is -2.37. The Hall–Kier alpha value is -1.44. The van der Waals surface area contributed by atoms with Crippen LogP contribution in [0.4, 0.5) is 0 Å². The molecule has 2 fully saturated rings. The number of ether oxygens (including phenoxy) is 2. The van der Waals surface area contributed by atoms with Crippen molar-refractivity contribution in [3.8, 4) is 11.5 Å². The summed E-state index contributed by atoms with van der Waals surface area (Å²) in [6.07, 6.45) is 6.53. The van der Waals surface area contributed by atoms with Crippen LogP contribution in [-0.4, -0.2) is 13.2 Å². The van der Waals surface area contributed by atoms with Gasteiger partial charge < -0.3 is 9.47 Å². The highest BCUT2D eigenvalue weighted by Gasteiger charge is 2.52. The van der Waals surface area contributed by atoms with Crippen LogP contribution in [0.2, 0.25) is 0 Å². The van der Waals surface area contributed by atoms with Gasteiger partial charge in [0.1, 0.15) is 17.6 Å². The largest absolute Gasteiger partial charge is 0.497 e. The summed E-state index contributed by atoms with van der Waals surface area (Å²) >= 11 is 0. The van der Waals surface area contributed by atoms with Crippen LogP contribution in [0.3, 0.4) is 0 Å². The molecular formula is C17H20O2. The minimum absolute atomic E-state index is 0.422. The van der Waals surface area contributed by atoms with E-state index in [9.17, 15) is 0 Å². The Labute approximate surface area is 114 Å². The predicted octanol–water partition coefficient (Wildman–Crippen LogP) is 3.60. The van der Waals surface area contributed by atoms with Gasteiger partial charge in [0, 0.05) is 11.8 Å². The fourth-order valence-electron chi connectivity index (χ4n) is 4.40. The number of fused-ring (bicyclic) bond motifs is 6. The highest BCUT2D eigenvalue weighted by Crippen LogP contribution is 2.56. The SMILES string of the molecule is CC=C1CC2CC1C1Oc3ccc(OC)cc3CC21. The van der Waals surface area contributed by atoms with Crippen molar-refractivity contribution in [3.05, 3.63) is 35.4 Å². The zero-order chi connectivity index (χ0) is 13.0. The molecule has 2 heteroatoms. The van der Waals surface area contributed by atoms with Gasteiger partial charge in [-0.2, -0.15) is 0 Å². The summed E-state index contributed by atoms with van der Waals surface area (Å²) in [5, 5.41) is 0. The van der Waals surface area contributed by atoms with Gasteiger partial charge >= 0.3 is 0 Å². The maximum atomic E-state index is 6.32. The molecule has 1 heterocycles. The van der Waals surface area contributed by atoms with E-state index in [0.717, 1.165) is 23.8 Å². The van der Waals surface area contributed by atoms with Crippen molar-refractivity contribution in [1.29, 1.82) is 0 Å². The van der Waals surface area contributed by atoms with Crippen LogP contribution in [-0.2, 0) is 6.42 Å². The van der Waals surface area contributed by atoms with Crippen LogP contribution in [0.25, 0.3) is 0 Å². The zero-order valence-electron chi connectivity index (χ0n) is 11.6. The first kappa shape index (κ1) is 11.4. The lowest BCUT2D eigenvalue weighted by Crippen LogP contribution is -2.38. The maximum Gasteiger partial charge on any atom is 0.123 e. The topological polar surface area (TPSA) is 18.5 Å². The van der Waals surface area contributed by atoms with Crippen molar-refractivity contribution in [2.45, 2.75) is 32.3 Å². The standard InChI is InChI=1S/C17H20O2/c1-3-10-6-11-8-14(10)17-15(11)9-12-7-13(18-2)4-5-16(12)19-17/h3-5,7,11,14-15,17H,6,8-9H2,1-2H3. The van der Waals surface area contributed by atoms with Crippen LogP contribution >= 0.6 is 0 Å². The van der Waals surface area contributed by atoms with Crippen LogP contribution in [0.1, 0.15) is 25.3 Å². The van der Waals surface area contributed by atoms with E-state index < -0.39 is 0 Å². The average Bonchev–Trinajstić information content (AvgIpc) is 3.02.